The molecule has 102 heavy (non-hydrogen) atoms. The lowest BCUT2D eigenvalue weighted by Crippen LogP contribution is -2.45. The highest BCUT2D eigenvalue weighted by molar-refractivity contribution is 5.93. The summed E-state index contributed by atoms with van der Waals surface area (Å²) in [6, 6.07) is -0.613. The zero-order valence-electron chi connectivity index (χ0n) is 64.2. The van der Waals surface area contributed by atoms with Crippen LogP contribution in [0, 0.1) is 23.7 Å². The minimum atomic E-state index is -0.613. The lowest BCUT2D eigenvalue weighted by atomic mass is 9.84. The van der Waals surface area contributed by atoms with Crippen LogP contribution in [0.3, 0.4) is 0 Å². The van der Waals surface area contributed by atoms with Gasteiger partial charge in [-0.05, 0) is 50.4 Å². The van der Waals surface area contributed by atoms with Gasteiger partial charge in [0.05, 0.1) is 290 Å². The van der Waals surface area contributed by atoms with Crippen LogP contribution in [0.2, 0.25) is 0 Å². The van der Waals surface area contributed by atoms with Gasteiger partial charge in [0, 0.05) is 58.0 Å². The Kier molecular flexibility index (Phi) is 80.3. The predicted molar refractivity (Wildman–Crippen MR) is 384 cm³/mol. The first-order valence-electron chi connectivity index (χ1n) is 37.8. The average molecular weight is 1480 g/mol. The van der Waals surface area contributed by atoms with Crippen molar-refractivity contribution in [1.29, 1.82) is 0 Å². The molecule has 0 spiro atoms. The van der Waals surface area contributed by atoms with E-state index in [1.807, 2.05) is 27.7 Å². The number of Topliss-reactive ketones (excluding diaryl/α,β-unsaturated/α-hetero) is 2. The highest BCUT2D eigenvalue weighted by Gasteiger charge is 2.30. The zero-order valence-corrected chi connectivity index (χ0v) is 64.2. The molecule has 0 radical (unpaired) electrons. The van der Waals surface area contributed by atoms with Gasteiger partial charge in [-0.3, -0.25) is 19.2 Å². The standard InChI is InChI=1S/C73H142N2O27/c1-65(2)14-13-16-71(78)75-72(66(3)4)69(76)64-68(73(79)67(5)6)15-9-10-18-74-70(77)17-21-83-26-29-87-34-37-89-35-32-85-27-24-81-19-11-8-12-20-82-25-28-86-33-36-90-40-41-92-44-45-94-48-49-96-52-53-98-56-57-100-60-61-102-63-62-101-59-58-99-55-54-97-51-50-95-47-46-93-43-42-91-39-38-88-31-30-84-23-22-80-7/h65-68,72H,8-64H2,1-7H3,(H,74,77)(H,75,78)/t68-,72+/m1/s1. The SMILES string of the molecule is COCCOCCOCCOCCOCCOCCOCCOCCOCCOCCOCCOCCOCCOCCOCCOCCOCCOCCCCCOCCOCCOCCOCCOCCC(=O)NCCCC[C@H](CC(=O)[C@@H](NC(=O)CCCC(C)C)C(C)C)C(=O)C(C)C. The van der Waals surface area contributed by atoms with Crippen molar-refractivity contribution in [3.8, 4) is 0 Å². The summed E-state index contributed by atoms with van der Waals surface area (Å²) in [6.07, 6.45) is 7.35. The number of methoxy groups -OCH3 is 1. The molecule has 2 amide bonds. The van der Waals surface area contributed by atoms with Crippen LogP contribution < -0.4 is 10.6 Å². The second kappa shape index (κ2) is 82.4. The molecule has 0 rings (SSSR count). The normalized spacial score (nSPS) is 12.4. The number of amides is 2. The minimum absolute atomic E-state index is 0.0544. The Labute approximate surface area is 612 Å². The molecule has 0 saturated carbocycles. The number of hydrogen-bond donors (Lipinski definition) is 2. The fourth-order valence-electron chi connectivity index (χ4n) is 9.05. The number of ether oxygens (including phenoxy) is 23. The van der Waals surface area contributed by atoms with E-state index in [0.717, 1.165) is 32.1 Å². The number of rotatable bonds is 88. The van der Waals surface area contributed by atoms with Gasteiger partial charge >= 0.3 is 0 Å². The number of nitrogens with one attached hydrogen (secondary N) is 2. The molecule has 0 aromatic rings. The minimum Gasteiger partial charge on any atom is -0.382 e. The van der Waals surface area contributed by atoms with Gasteiger partial charge in [-0.15, -0.1) is 0 Å². The first kappa shape index (κ1) is 99.4. The van der Waals surface area contributed by atoms with Crippen molar-refractivity contribution in [3.63, 3.8) is 0 Å². The number of ketones is 2. The fraction of sp³-hybridized carbons (Fsp3) is 0.945. The number of hydrogen-bond acceptors (Lipinski definition) is 27. The molecule has 0 saturated heterocycles. The molecule has 0 bridgehead atoms. The molecule has 0 aromatic carbocycles. The maximum Gasteiger partial charge on any atom is 0.222 e. The van der Waals surface area contributed by atoms with Gasteiger partial charge in [-0.2, -0.15) is 0 Å². The van der Waals surface area contributed by atoms with Crippen LogP contribution in [-0.4, -0.2) is 340 Å². The van der Waals surface area contributed by atoms with Gasteiger partial charge < -0.3 is 120 Å². The summed E-state index contributed by atoms with van der Waals surface area (Å²) in [4.78, 5) is 51.4. The second-order valence-electron chi connectivity index (χ2n) is 24.6. The average Bonchev–Trinajstić information content (AvgIpc) is 0.873. The number of carbonyl (C=O) groups is 4. The van der Waals surface area contributed by atoms with E-state index in [-0.39, 0.29) is 54.7 Å². The van der Waals surface area contributed by atoms with Crippen molar-refractivity contribution in [2.45, 2.75) is 118 Å². The third-order valence-electron chi connectivity index (χ3n) is 14.7. The van der Waals surface area contributed by atoms with Gasteiger partial charge in [0.1, 0.15) is 5.78 Å². The largest absolute Gasteiger partial charge is 0.382 e. The van der Waals surface area contributed by atoms with Crippen molar-refractivity contribution < 1.29 is 128 Å². The van der Waals surface area contributed by atoms with E-state index in [0.29, 0.717) is 329 Å². The lowest BCUT2D eigenvalue weighted by molar-refractivity contribution is -0.133. The first-order valence-corrected chi connectivity index (χ1v) is 37.8. The van der Waals surface area contributed by atoms with E-state index in [9.17, 15) is 19.2 Å². The third-order valence-corrected chi connectivity index (χ3v) is 14.7. The zero-order chi connectivity index (χ0) is 74.2. The molecule has 29 nitrogen and oxygen atoms in total. The molecule has 0 aromatic heterocycles. The van der Waals surface area contributed by atoms with Gasteiger partial charge in [0.25, 0.3) is 0 Å². The van der Waals surface area contributed by atoms with E-state index in [4.69, 9.17) is 109 Å². The van der Waals surface area contributed by atoms with Crippen LogP contribution >= 0.6 is 0 Å². The molecule has 0 aliphatic rings. The van der Waals surface area contributed by atoms with E-state index in [1.165, 1.54) is 0 Å². The van der Waals surface area contributed by atoms with Crippen molar-refractivity contribution in [2.75, 3.05) is 311 Å². The van der Waals surface area contributed by atoms with Crippen molar-refractivity contribution in [1.82, 2.24) is 10.6 Å². The highest BCUT2D eigenvalue weighted by Crippen LogP contribution is 2.21. The molecular weight excluding hydrogens is 1340 g/mol. The summed E-state index contributed by atoms with van der Waals surface area (Å²) < 4.78 is 127. The van der Waals surface area contributed by atoms with Crippen LogP contribution in [-0.2, 0) is 128 Å². The summed E-state index contributed by atoms with van der Waals surface area (Å²) in [7, 11) is 1.64. The molecule has 0 heterocycles. The van der Waals surface area contributed by atoms with Gasteiger partial charge in [-0.25, -0.2) is 0 Å². The molecule has 29 heteroatoms. The fourth-order valence-corrected chi connectivity index (χ4v) is 9.05. The summed E-state index contributed by atoms with van der Waals surface area (Å²) >= 11 is 0. The van der Waals surface area contributed by atoms with Gasteiger partial charge in [0.15, 0.2) is 5.78 Å². The molecule has 2 N–H and O–H groups in total. The Morgan fingerprint density at radius 1 is 0.275 bits per heavy atom. The van der Waals surface area contributed by atoms with E-state index < -0.39 is 12.0 Å². The Hall–Kier alpha value is -2.64. The smallest absolute Gasteiger partial charge is 0.222 e. The predicted octanol–water partition coefficient (Wildman–Crippen LogP) is 5.61. The van der Waals surface area contributed by atoms with Crippen LogP contribution in [0.25, 0.3) is 0 Å². The third kappa shape index (κ3) is 77.0. The van der Waals surface area contributed by atoms with E-state index in [2.05, 4.69) is 24.5 Å². The summed E-state index contributed by atoms with van der Waals surface area (Å²) in [5.74, 6) is -0.447. The Bertz CT molecular complexity index is 1750. The summed E-state index contributed by atoms with van der Waals surface area (Å²) in [6.45, 7) is 34.6. The van der Waals surface area contributed by atoms with Crippen LogP contribution in [0.1, 0.15) is 112 Å². The van der Waals surface area contributed by atoms with Gasteiger partial charge in [0.2, 0.25) is 11.8 Å². The molecule has 0 fully saturated rings. The summed E-state index contributed by atoms with van der Waals surface area (Å²) in [5, 5.41) is 5.84. The summed E-state index contributed by atoms with van der Waals surface area (Å²) in [5.41, 5.74) is 0. The maximum absolute atomic E-state index is 13.4. The highest BCUT2D eigenvalue weighted by atomic mass is 16.6. The van der Waals surface area contributed by atoms with Gasteiger partial charge in [-0.1, -0.05) is 54.4 Å². The molecule has 0 aliphatic carbocycles. The molecule has 2 atom stereocenters. The van der Waals surface area contributed by atoms with E-state index >= 15 is 0 Å². The number of carbonyl (C=O) groups excluding carboxylic acids is 4. The Morgan fingerprint density at radius 2 is 0.549 bits per heavy atom. The quantitative estimate of drug-likeness (QED) is 0.0699. The molecule has 0 unspecified atom stereocenters. The van der Waals surface area contributed by atoms with Crippen LogP contribution in [0.4, 0.5) is 0 Å². The van der Waals surface area contributed by atoms with Crippen LogP contribution in [0.5, 0.6) is 0 Å². The van der Waals surface area contributed by atoms with Crippen molar-refractivity contribution in [2.24, 2.45) is 23.7 Å². The second-order valence-corrected chi connectivity index (χ2v) is 24.6. The molecular formula is C73H142N2O27. The maximum atomic E-state index is 13.4. The Morgan fingerprint density at radius 3 is 0.814 bits per heavy atom. The monoisotopic (exact) mass is 1480 g/mol. The van der Waals surface area contributed by atoms with E-state index in [1.54, 1.807) is 7.11 Å². The topological polar surface area (TPSA) is 305 Å². The Balaban J connectivity index is 3.32. The first-order chi connectivity index (χ1) is 50.0. The molecule has 0 aliphatic heterocycles. The van der Waals surface area contributed by atoms with Crippen molar-refractivity contribution in [3.05, 3.63) is 0 Å². The molecule has 606 valence electrons. The van der Waals surface area contributed by atoms with Crippen LogP contribution in [0.15, 0.2) is 0 Å². The number of unbranched alkanes of at least 4 members (excludes halogenated alkanes) is 3. The lowest BCUT2D eigenvalue weighted by Gasteiger charge is -2.24. The van der Waals surface area contributed by atoms with Crippen molar-refractivity contribution >= 4 is 23.4 Å².